The first kappa shape index (κ1) is 27.0. The van der Waals surface area contributed by atoms with E-state index >= 15 is 0 Å². The quantitative estimate of drug-likeness (QED) is 0.197. The number of unbranched alkanes of at least 4 members (excludes halogenated alkanes) is 1. The van der Waals surface area contributed by atoms with Gasteiger partial charge < -0.3 is 14.2 Å². The fourth-order valence-corrected chi connectivity index (χ4v) is 8.34. The van der Waals surface area contributed by atoms with E-state index in [-0.39, 0.29) is 12.3 Å². The third-order valence-electron chi connectivity index (χ3n) is 8.97. The van der Waals surface area contributed by atoms with Crippen LogP contribution in [0.1, 0.15) is 44.7 Å². The zero-order valence-electron chi connectivity index (χ0n) is 24.3. The van der Waals surface area contributed by atoms with E-state index in [9.17, 15) is 8.42 Å². The molecule has 5 nitrogen and oxygen atoms in total. The highest BCUT2D eigenvalue weighted by Gasteiger charge is 2.52. The maximum atomic E-state index is 13.8. The molecule has 1 saturated heterocycles. The molecule has 1 fully saturated rings. The lowest BCUT2D eigenvalue weighted by Crippen LogP contribution is -2.46. The summed E-state index contributed by atoms with van der Waals surface area (Å²) in [4.78, 5) is 2.85. The molecule has 2 unspecified atom stereocenters. The van der Waals surface area contributed by atoms with Crippen molar-refractivity contribution in [1.29, 1.82) is 0 Å². The van der Waals surface area contributed by atoms with Gasteiger partial charge in [0.1, 0.15) is 12.3 Å². The standard InChI is InChI=1S/C36H36N2O3S/c1-4-5-22-37-30-16-10-9-15-28(30)29-23-25(18-20-31(29)37)19-21-33-36(2,3)38-34(41-33)24-26-12-11-17-32(35(26)38)42(39,40)27-13-7-6-8-14-27/h6-21,23,33-34H,4-5,22,24H2,1-3H3. The van der Waals surface area contributed by atoms with Gasteiger partial charge in [0, 0.05) is 34.8 Å². The summed E-state index contributed by atoms with van der Waals surface area (Å²) in [5, 5.41) is 2.54. The molecule has 0 radical (unpaired) electrons. The second kappa shape index (κ2) is 10.1. The van der Waals surface area contributed by atoms with Crippen LogP contribution < -0.4 is 4.90 Å². The molecule has 2 aliphatic heterocycles. The number of hydrogen-bond acceptors (Lipinski definition) is 4. The third-order valence-corrected chi connectivity index (χ3v) is 10.8. The van der Waals surface area contributed by atoms with Gasteiger partial charge >= 0.3 is 0 Å². The highest BCUT2D eigenvalue weighted by molar-refractivity contribution is 7.91. The maximum absolute atomic E-state index is 13.8. The first-order valence-electron chi connectivity index (χ1n) is 14.9. The van der Waals surface area contributed by atoms with Crippen LogP contribution in [0.25, 0.3) is 27.9 Å². The molecule has 0 spiro atoms. The molecule has 0 N–H and O–H groups in total. The molecule has 6 heteroatoms. The number of nitrogens with zero attached hydrogens (tertiary/aromatic N) is 2. The molecular weight excluding hydrogens is 540 g/mol. The highest BCUT2D eigenvalue weighted by Crippen LogP contribution is 2.49. The van der Waals surface area contributed by atoms with E-state index in [0.717, 1.165) is 36.2 Å². The fraction of sp³-hybridized carbons (Fsp3) is 0.278. The van der Waals surface area contributed by atoms with E-state index in [1.807, 2.05) is 18.2 Å². The summed E-state index contributed by atoms with van der Waals surface area (Å²) in [6, 6.07) is 29.6. The van der Waals surface area contributed by atoms with Crippen molar-refractivity contribution in [3.05, 3.63) is 108 Å². The molecule has 0 amide bonds. The lowest BCUT2D eigenvalue weighted by atomic mass is 9.94. The average molecular weight is 577 g/mol. The summed E-state index contributed by atoms with van der Waals surface area (Å²) in [5.41, 5.74) is 5.01. The number of ether oxygens (including phenoxy) is 1. The predicted octanol–water partition coefficient (Wildman–Crippen LogP) is 8.01. The molecule has 2 aliphatic rings. The molecule has 5 aromatic rings. The van der Waals surface area contributed by atoms with Gasteiger partial charge in [-0.2, -0.15) is 0 Å². The topological polar surface area (TPSA) is 51.5 Å². The van der Waals surface area contributed by atoms with Gasteiger partial charge in [-0.05, 0) is 67.8 Å². The van der Waals surface area contributed by atoms with Crippen molar-refractivity contribution < 1.29 is 13.2 Å². The van der Waals surface area contributed by atoms with Gasteiger partial charge in [-0.3, -0.25) is 0 Å². The number of para-hydroxylation sites is 2. The Balaban J connectivity index is 1.22. The first-order valence-corrected chi connectivity index (χ1v) is 16.3. The van der Waals surface area contributed by atoms with Gasteiger partial charge in [0.2, 0.25) is 9.84 Å². The maximum Gasteiger partial charge on any atom is 0.208 e. The summed E-state index contributed by atoms with van der Waals surface area (Å²) in [7, 11) is -3.69. The van der Waals surface area contributed by atoms with Gasteiger partial charge in [-0.15, -0.1) is 0 Å². The molecule has 1 aromatic heterocycles. The number of sulfone groups is 1. The molecule has 4 aromatic carbocycles. The highest BCUT2D eigenvalue weighted by atomic mass is 32.2. The first-order chi connectivity index (χ1) is 20.3. The Morgan fingerprint density at radius 2 is 1.67 bits per heavy atom. The van der Waals surface area contributed by atoms with Crippen molar-refractivity contribution in [2.45, 2.75) is 74.2 Å². The fourth-order valence-electron chi connectivity index (χ4n) is 6.83. The predicted molar refractivity (Wildman–Crippen MR) is 171 cm³/mol. The number of anilines is 1. The number of aromatic nitrogens is 1. The number of benzene rings is 4. The van der Waals surface area contributed by atoms with Crippen LogP contribution in [0.4, 0.5) is 5.69 Å². The summed E-state index contributed by atoms with van der Waals surface area (Å²) in [5.74, 6) is 0. The van der Waals surface area contributed by atoms with Gasteiger partial charge in [0.15, 0.2) is 0 Å². The van der Waals surface area contributed by atoms with Crippen molar-refractivity contribution in [3.8, 4) is 0 Å². The van der Waals surface area contributed by atoms with Crippen LogP contribution in [0.15, 0.2) is 107 Å². The SMILES string of the molecule is CCCCn1c2ccccc2c2cc(C=CC3OC4Cc5cccc(S(=O)(=O)c6ccccc6)c5N4C3(C)C)ccc21. The van der Waals surface area contributed by atoms with Gasteiger partial charge in [-0.1, -0.05) is 80.1 Å². The molecule has 0 aliphatic carbocycles. The Morgan fingerprint density at radius 3 is 2.48 bits per heavy atom. The van der Waals surface area contributed by atoms with Crippen LogP contribution in [0.3, 0.4) is 0 Å². The number of fused-ring (bicyclic) bond motifs is 6. The van der Waals surface area contributed by atoms with Crippen molar-refractivity contribution in [2.24, 2.45) is 0 Å². The van der Waals surface area contributed by atoms with E-state index < -0.39 is 15.4 Å². The summed E-state index contributed by atoms with van der Waals surface area (Å²) < 4.78 is 36.6. The van der Waals surface area contributed by atoms with Crippen LogP contribution in [0.5, 0.6) is 0 Å². The lowest BCUT2D eigenvalue weighted by molar-refractivity contribution is 0.0652. The molecule has 0 bridgehead atoms. The minimum absolute atomic E-state index is 0.204. The van der Waals surface area contributed by atoms with Crippen molar-refractivity contribution in [1.82, 2.24) is 4.57 Å². The largest absolute Gasteiger partial charge is 0.348 e. The molecule has 3 heterocycles. The summed E-state index contributed by atoms with van der Waals surface area (Å²) in [6.07, 6.45) is 6.85. The van der Waals surface area contributed by atoms with Crippen molar-refractivity contribution in [2.75, 3.05) is 4.90 Å². The summed E-state index contributed by atoms with van der Waals surface area (Å²) in [6.45, 7) is 7.54. The minimum atomic E-state index is -3.69. The molecule has 42 heavy (non-hydrogen) atoms. The van der Waals surface area contributed by atoms with Gasteiger partial charge in [0.25, 0.3) is 0 Å². The van der Waals surface area contributed by atoms with E-state index in [1.54, 1.807) is 30.3 Å². The van der Waals surface area contributed by atoms with E-state index in [0.29, 0.717) is 16.2 Å². The zero-order valence-corrected chi connectivity index (χ0v) is 25.1. The smallest absolute Gasteiger partial charge is 0.208 e. The van der Waals surface area contributed by atoms with Crippen LogP contribution in [0, 0.1) is 0 Å². The summed E-state index contributed by atoms with van der Waals surface area (Å²) >= 11 is 0. The molecular formula is C36H36N2O3S. The van der Waals surface area contributed by atoms with Crippen molar-refractivity contribution in [3.63, 3.8) is 0 Å². The van der Waals surface area contributed by atoms with Crippen LogP contribution in [-0.2, 0) is 27.5 Å². The lowest BCUT2D eigenvalue weighted by Gasteiger charge is -2.35. The Hall–Kier alpha value is -3.87. The number of aryl methyl sites for hydroxylation is 1. The zero-order chi connectivity index (χ0) is 29.1. The average Bonchev–Trinajstić information content (AvgIpc) is 3.61. The Kier molecular flexibility index (Phi) is 6.52. The Morgan fingerprint density at radius 1 is 0.905 bits per heavy atom. The monoisotopic (exact) mass is 576 g/mol. The second-order valence-corrected chi connectivity index (χ2v) is 13.9. The van der Waals surface area contributed by atoms with Crippen LogP contribution >= 0.6 is 0 Å². The second-order valence-electron chi connectivity index (χ2n) is 12.0. The van der Waals surface area contributed by atoms with Crippen LogP contribution in [0.2, 0.25) is 0 Å². The molecule has 2 atom stereocenters. The molecule has 214 valence electrons. The number of rotatable bonds is 7. The Bertz CT molecular complexity index is 1940. The normalized spacial score (nSPS) is 19.6. The molecule has 7 rings (SSSR count). The minimum Gasteiger partial charge on any atom is -0.348 e. The van der Waals surface area contributed by atoms with Gasteiger partial charge in [0.05, 0.1) is 21.0 Å². The Labute approximate surface area is 248 Å². The van der Waals surface area contributed by atoms with Crippen molar-refractivity contribution >= 4 is 43.4 Å². The third kappa shape index (κ3) is 4.19. The van der Waals surface area contributed by atoms with Gasteiger partial charge in [-0.25, -0.2) is 8.42 Å². The number of hydrogen-bond donors (Lipinski definition) is 0. The van der Waals surface area contributed by atoms with E-state index in [2.05, 4.69) is 84.9 Å². The van der Waals surface area contributed by atoms with Crippen LogP contribution in [-0.4, -0.2) is 30.9 Å². The van der Waals surface area contributed by atoms with E-state index in [1.165, 1.54) is 21.8 Å². The molecule has 0 saturated carbocycles. The van der Waals surface area contributed by atoms with E-state index in [4.69, 9.17) is 4.74 Å².